The molecule has 0 saturated heterocycles. The molecule has 0 atom stereocenters. The van der Waals surface area contributed by atoms with E-state index in [0.717, 1.165) is 10.9 Å². The Morgan fingerprint density at radius 1 is 0.969 bits per heavy atom. The van der Waals surface area contributed by atoms with Gasteiger partial charge in [0.1, 0.15) is 18.8 Å². The van der Waals surface area contributed by atoms with Gasteiger partial charge in [0, 0.05) is 10.9 Å². The highest BCUT2D eigenvalue weighted by Crippen LogP contribution is 2.21. The first-order chi connectivity index (χ1) is 15.2. The zero-order valence-electron chi connectivity index (χ0n) is 18.3. The Labute approximate surface area is 186 Å². The van der Waals surface area contributed by atoms with E-state index in [-0.39, 0.29) is 25.6 Å². The molecule has 1 amide bonds. The highest BCUT2D eigenvalue weighted by atomic mass is 16.6. The smallest absolute Gasteiger partial charge is 0.412 e. The number of carbonyl (C=O) groups excluding carboxylic acids is 2. The van der Waals surface area contributed by atoms with E-state index in [9.17, 15) is 19.5 Å². The first-order valence-electron chi connectivity index (χ1n) is 10.1. The number of aromatic carboxylic acids is 1. The first kappa shape index (κ1) is 22.9. The zero-order chi connectivity index (χ0) is 23.3. The van der Waals surface area contributed by atoms with E-state index in [1.54, 1.807) is 45.0 Å². The third kappa shape index (κ3) is 5.46. The van der Waals surface area contributed by atoms with Crippen molar-refractivity contribution in [1.29, 1.82) is 0 Å². The van der Waals surface area contributed by atoms with E-state index in [1.807, 2.05) is 30.3 Å². The summed E-state index contributed by atoms with van der Waals surface area (Å²) in [6.45, 7) is 4.81. The fraction of sp³-hybridized carbons (Fsp3) is 0.292. The molecule has 0 radical (unpaired) electrons. The summed E-state index contributed by atoms with van der Waals surface area (Å²) in [4.78, 5) is 38.1. The van der Waals surface area contributed by atoms with Gasteiger partial charge < -0.3 is 19.1 Å². The molecule has 32 heavy (non-hydrogen) atoms. The largest absolute Gasteiger partial charge is 0.477 e. The maximum absolute atomic E-state index is 12.8. The highest BCUT2D eigenvalue weighted by molar-refractivity contribution is 5.94. The molecule has 0 bridgehead atoms. The molecule has 8 heteroatoms. The van der Waals surface area contributed by atoms with Crippen LogP contribution in [0.2, 0.25) is 0 Å². The lowest BCUT2D eigenvalue weighted by molar-refractivity contribution is -0.147. The van der Waals surface area contributed by atoms with Gasteiger partial charge in [0.05, 0.1) is 5.52 Å². The number of rotatable bonds is 7. The van der Waals surface area contributed by atoms with Crippen molar-refractivity contribution < 1.29 is 29.0 Å². The Morgan fingerprint density at radius 2 is 1.62 bits per heavy atom. The molecule has 3 rings (SSSR count). The number of para-hydroxylation sites is 1. The topological polar surface area (TPSA) is 98.1 Å². The van der Waals surface area contributed by atoms with Gasteiger partial charge in [0.15, 0.2) is 6.73 Å². The Morgan fingerprint density at radius 3 is 2.28 bits per heavy atom. The molecule has 1 aromatic heterocycles. The van der Waals surface area contributed by atoms with E-state index < -0.39 is 23.6 Å². The molecule has 168 valence electrons. The van der Waals surface area contributed by atoms with Gasteiger partial charge in [-0.1, -0.05) is 48.5 Å². The number of esters is 1. The molecule has 0 saturated carbocycles. The van der Waals surface area contributed by atoms with Crippen LogP contribution in [0.25, 0.3) is 10.9 Å². The van der Waals surface area contributed by atoms with Crippen molar-refractivity contribution in [3.8, 4) is 0 Å². The highest BCUT2D eigenvalue weighted by Gasteiger charge is 2.31. The SMILES string of the molecule is CC(C)(C)N(CC(=O)OCc1ccccc1)C(=O)OCn1c(C(=O)O)cc2ccccc21. The van der Waals surface area contributed by atoms with Gasteiger partial charge in [0.2, 0.25) is 0 Å². The number of hydrogen-bond donors (Lipinski definition) is 1. The predicted octanol–water partition coefficient (Wildman–Crippen LogP) is 4.28. The van der Waals surface area contributed by atoms with Crippen LogP contribution in [-0.4, -0.2) is 44.7 Å². The van der Waals surface area contributed by atoms with Crippen molar-refractivity contribution in [2.75, 3.05) is 6.54 Å². The third-order valence-corrected chi connectivity index (χ3v) is 4.91. The lowest BCUT2D eigenvalue weighted by Crippen LogP contribution is -2.48. The number of benzene rings is 2. The van der Waals surface area contributed by atoms with Crippen molar-refractivity contribution >= 4 is 28.9 Å². The molecular formula is C24H26N2O6. The lowest BCUT2D eigenvalue weighted by atomic mass is 10.1. The third-order valence-electron chi connectivity index (χ3n) is 4.91. The zero-order valence-corrected chi connectivity index (χ0v) is 18.3. The van der Waals surface area contributed by atoms with Crippen molar-refractivity contribution in [3.05, 3.63) is 71.9 Å². The molecule has 3 aromatic rings. The van der Waals surface area contributed by atoms with Crippen LogP contribution in [-0.2, 0) is 27.6 Å². The van der Waals surface area contributed by atoms with E-state index >= 15 is 0 Å². The number of amides is 1. The first-order valence-corrected chi connectivity index (χ1v) is 10.1. The Hall–Kier alpha value is -3.81. The summed E-state index contributed by atoms with van der Waals surface area (Å²) < 4.78 is 12.1. The number of fused-ring (bicyclic) bond motifs is 1. The van der Waals surface area contributed by atoms with Gasteiger partial charge in [-0.05, 0) is 38.5 Å². The van der Waals surface area contributed by atoms with Crippen LogP contribution in [0.5, 0.6) is 0 Å². The molecule has 2 aromatic carbocycles. The second kappa shape index (κ2) is 9.55. The van der Waals surface area contributed by atoms with Gasteiger partial charge in [-0.25, -0.2) is 9.59 Å². The molecule has 0 unspecified atom stereocenters. The number of carbonyl (C=O) groups is 3. The second-order valence-corrected chi connectivity index (χ2v) is 8.26. The minimum absolute atomic E-state index is 0.00331. The molecule has 1 N–H and O–H groups in total. The molecule has 0 aliphatic rings. The van der Waals surface area contributed by atoms with Gasteiger partial charge in [-0.15, -0.1) is 0 Å². The monoisotopic (exact) mass is 438 g/mol. The molecule has 0 spiro atoms. The summed E-state index contributed by atoms with van der Waals surface area (Å²) in [5.74, 6) is -1.70. The minimum atomic E-state index is -1.13. The Bertz CT molecular complexity index is 1110. The number of carboxylic acids is 1. The molecular weight excluding hydrogens is 412 g/mol. The maximum atomic E-state index is 12.8. The van der Waals surface area contributed by atoms with Crippen LogP contribution in [0.15, 0.2) is 60.7 Å². The standard InChI is InChI=1S/C24H26N2O6/c1-24(2,3)26(14-21(27)31-15-17-9-5-4-6-10-17)23(30)32-16-25-19-12-8-7-11-18(19)13-20(25)22(28)29/h4-13H,14-16H2,1-3H3,(H,28,29). The quantitative estimate of drug-likeness (QED) is 0.553. The Balaban J connectivity index is 1.69. The summed E-state index contributed by atoms with van der Waals surface area (Å²) in [6.07, 6.45) is -0.747. The van der Waals surface area contributed by atoms with Crippen molar-refractivity contribution in [2.24, 2.45) is 0 Å². The number of aromatic nitrogens is 1. The number of hydrogen-bond acceptors (Lipinski definition) is 5. The van der Waals surface area contributed by atoms with E-state index in [2.05, 4.69) is 0 Å². The van der Waals surface area contributed by atoms with Gasteiger partial charge in [-0.3, -0.25) is 9.69 Å². The minimum Gasteiger partial charge on any atom is -0.477 e. The maximum Gasteiger partial charge on any atom is 0.412 e. The van der Waals surface area contributed by atoms with Crippen LogP contribution in [0.4, 0.5) is 4.79 Å². The summed E-state index contributed by atoms with van der Waals surface area (Å²) in [5.41, 5.74) is 0.745. The molecule has 0 aliphatic heterocycles. The van der Waals surface area contributed by atoms with E-state index in [1.165, 1.54) is 15.5 Å². The average Bonchev–Trinajstić information content (AvgIpc) is 3.13. The predicted molar refractivity (Wildman–Crippen MR) is 118 cm³/mol. The van der Waals surface area contributed by atoms with Crippen LogP contribution in [0, 0.1) is 0 Å². The van der Waals surface area contributed by atoms with Crippen molar-refractivity contribution in [1.82, 2.24) is 9.47 Å². The van der Waals surface area contributed by atoms with Crippen molar-refractivity contribution in [2.45, 2.75) is 39.6 Å². The lowest BCUT2D eigenvalue weighted by Gasteiger charge is -2.33. The summed E-state index contributed by atoms with van der Waals surface area (Å²) in [5, 5.41) is 10.2. The summed E-state index contributed by atoms with van der Waals surface area (Å²) >= 11 is 0. The van der Waals surface area contributed by atoms with Crippen LogP contribution < -0.4 is 0 Å². The second-order valence-electron chi connectivity index (χ2n) is 8.26. The summed E-state index contributed by atoms with van der Waals surface area (Å²) in [6, 6.07) is 17.9. The van der Waals surface area contributed by atoms with Crippen LogP contribution in [0.1, 0.15) is 36.8 Å². The fourth-order valence-electron chi connectivity index (χ4n) is 3.21. The average molecular weight is 438 g/mol. The molecule has 0 aliphatic carbocycles. The normalized spacial score (nSPS) is 11.2. The number of ether oxygens (including phenoxy) is 2. The van der Waals surface area contributed by atoms with E-state index in [4.69, 9.17) is 9.47 Å². The van der Waals surface area contributed by atoms with Crippen LogP contribution in [0.3, 0.4) is 0 Å². The molecule has 1 heterocycles. The molecule has 8 nitrogen and oxygen atoms in total. The number of nitrogens with zero attached hydrogens (tertiary/aromatic N) is 2. The van der Waals surface area contributed by atoms with Crippen molar-refractivity contribution in [3.63, 3.8) is 0 Å². The van der Waals surface area contributed by atoms with E-state index in [0.29, 0.717) is 5.52 Å². The van der Waals surface area contributed by atoms with Crippen LogP contribution >= 0.6 is 0 Å². The van der Waals surface area contributed by atoms with Gasteiger partial charge in [-0.2, -0.15) is 0 Å². The number of carboxylic acid groups (broad SMARTS) is 1. The Kier molecular flexibility index (Phi) is 6.82. The van der Waals surface area contributed by atoms with Gasteiger partial charge >= 0.3 is 18.0 Å². The fourth-order valence-corrected chi connectivity index (χ4v) is 3.21. The molecule has 0 fully saturated rings. The summed E-state index contributed by atoms with van der Waals surface area (Å²) in [7, 11) is 0. The van der Waals surface area contributed by atoms with Gasteiger partial charge in [0.25, 0.3) is 0 Å².